The molecule has 7 heteroatoms. The number of amides is 2. The second-order valence-corrected chi connectivity index (χ2v) is 7.58. The van der Waals surface area contributed by atoms with E-state index < -0.39 is 11.8 Å². The largest absolute Gasteiger partial charge is 0.454 e. The molecule has 0 spiro atoms. The third-order valence-corrected chi connectivity index (χ3v) is 5.04. The average Bonchev–Trinajstić information content (AvgIpc) is 3.27. The van der Waals surface area contributed by atoms with Gasteiger partial charge in [0.05, 0.1) is 0 Å². The van der Waals surface area contributed by atoms with E-state index in [-0.39, 0.29) is 18.3 Å². The third kappa shape index (κ3) is 5.27. The number of ketones is 1. The fourth-order valence-electron chi connectivity index (χ4n) is 3.24. The highest BCUT2D eigenvalue weighted by molar-refractivity contribution is 6.11. The molecule has 0 aliphatic carbocycles. The summed E-state index contributed by atoms with van der Waals surface area (Å²) in [6.45, 7) is 3.51. The normalized spacial score (nSPS) is 12.2. The number of hydrogen-bond acceptors (Lipinski definition) is 5. The van der Waals surface area contributed by atoms with Crippen LogP contribution in [0, 0.1) is 6.92 Å². The fraction of sp³-hybridized carbons (Fsp3) is 0.115. The lowest BCUT2D eigenvalue weighted by molar-refractivity contribution is -0.113. The number of carbonyl (C=O) groups is 3. The van der Waals surface area contributed by atoms with Crippen LogP contribution in [0.2, 0.25) is 0 Å². The number of anilines is 1. The molecule has 1 heterocycles. The second-order valence-electron chi connectivity index (χ2n) is 7.58. The molecule has 7 nitrogen and oxygen atoms in total. The Balaban J connectivity index is 1.63. The molecule has 0 atom stereocenters. The maximum atomic E-state index is 13.1. The summed E-state index contributed by atoms with van der Waals surface area (Å²) in [7, 11) is 0. The number of Topliss-reactive ketones (excluding diaryl/α,β-unsaturated/α-hetero) is 1. The Bertz CT molecular complexity index is 1260. The van der Waals surface area contributed by atoms with E-state index in [2.05, 4.69) is 10.6 Å². The van der Waals surface area contributed by atoms with Crippen molar-refractivity contribution in [3.05, 3.63) is 94.7 Å². The molecule has 3 aromatic rings. The van der Waals surface area contributed by atoms with Gasteiger partial charge in [-0.3, -0.25) is 14.4 Å². The van der Waals surface area contributed by atoms with E-state index in [1.807, 2.05) is 19.1 Å². The SMILES string of the molecule is CC(=O)c1cccc(NC(=O)C(=Cc2ccc3c(c2)OCO3)NC(=O)c2ccc(C)cc2)c1. The van der Waals surface area contributed by atoms with E-state index >= 15 is 0 Å². The van der Waals surface area contributed by atoms with Crippen LogP contribution in [0.15, 0.2) is 72.4 Å². The molecule has 1 aliphatic heterocycles. The smallest absolute Gasteiger partial charge is 0.272 e. The molecular formula is C26H22N2O5. The van der Waals surface area contributed by atoms with Gasteiger partial charge in [0.15, 0.2) is 17.3 Å². The number of hydrogen-bond donors (Lipinski definition) is 2. The van der Waals surface area contributed by atoms with Crippen LogP contribution in [0.25, 0.3) is 6.08 Å². The van der Waals surface area contributed by atoms with Gasteiger partial charge in [0.25, 0.3) is 11.8 Å². The fourth-order valence-corrected chi connectivity index (χ4v) is 3.24. The van der Waals surface area contributed by atoms with E-state index in [4.69, 9.17) is 9.47 Å². The molecule has 0 radical (unpaired) electrons. The monoisotopic (exact) mass is 442 g/mol. The molecule has 0 unspecified atom stereocenters. The Morgan fingerprint density at radius 2 is 1.64 bits per heavy atom. The maximum absolute atomic E-state index is 13.1. The number of ether oxygens (including phenoxy) is 2. The Kier molecular flexibility index (Phi) is 6.22. The van der Waals surface area contributed by atoms with Crippen LogP contribution in [0.1, 0.15) is 38.8 Å². The first-order valence-electron chi connectivity index (χ1n) is 10.3. The Morgan fingerprint density at radius 3 is 2.39 bits per heavy atom. The summed E-state index contributed by atoms with van der Waals surface area (Å²) in [4.78, 5) is 37.6. The van der Waals surface area contributed by atoms with Crippen molar-refractivity contribution in [2.75, 3.05) is 12.1 Å². The van der Waals surface area contributed by atoms with Crippen molar-refractivity contribution in [3.8, 4) is 11.5 Å². The van der Waals surface area contributed by atoms with E-state index in [0.717, 1.165) is 5.56 Å². The summed E-state index contributed by atoms with van der Waals surface area (Å²) < 4.78 is 10.7. The van der Waals surface area contributed by atoms with Crippen LogP contribution < -0.4 is 20.1 Å². The van der Waals surface area contributed by atoms with Crippen molar-refractivity contribution >= 4 is 29.4 Å². The van der Waals surface area contributed by atoms with Crippen molar-refractivity contribution in [1.29, 1.82) is 0 Å². The van der Waals surface area contributed by atoms with Crippen molar-refractivity contribution in [2.45, 2.75) is 13.8 Å². The molecule has 4 rings (SSSR count). The molecule has 0 fully saturated rings. The van der Waals surface area contributed by atoms with Gasteiger partial charge in [-0.15, -0.1) is 0 Å². The number of fused-ring (bicyclic) bond motifs is 1. The molecule has 2 amide bonds. The second kappa shape index (κ2) is 9.40. The number of carbonyl (C=O) groups excluding carboxylic acids is 3. The summed E-state index contributed by atoms with van der Waals surface area (Å²) in [5.74, 6) is 0.101. The van der Waals surface area contributed by atoms with Crippen LogP contribution in [0.5, 0.6) is 11.5 Å². The summed E-state index contributed by atoms with van der Waals surface area (Å²) in [6.07, 6.45) is 1.55. The molecule has 2 N–H and O–H groups in total. The Hall–Kier alpha value is -4.39. The van der Waals surface area contributed by atoms with Gasteiger partial charge in [0.2, 0.25) is 6.79 Å². The van der Waals surface area contributed by atoms with Gasteiger partial charge >= 0.3 is 0 Å². The molecule has 0 aromatic heterocycles. The summed E-state index contributed by atoms with van der Waals surface area (Å²) in [6, 6.07) is 18.9. The minimum Gasteiger partial charge on any atom is -0.454 e. The maximum Gasteiger partial charge on any atom is 0.272 e. The topological polar surface area (TPSA) is 93.7 Å². The highest BCUT2D eigenvalue weighted by Crippen LogP contribution is 2.33. The lowest BCUT2D eigenvalue weighted by Gasteiger charge is -2.12. The highest BCUT2D eigenvalue weighted by atomic mass is 16.7. The van der Waals surface area contributed by atoms with Gasteiger partial charge in [0.1, 0.15) is 5.70 Å². The van der Waals surface area contributed by atoms with Gasteiger partial charge in [-0.25, -0.2) is 0 Å². The summed E-state index contributed by atoms with van der Waals surface area (Å²) >= 11 is 0. The molecule has 0 saturated heterocycles. The van der Waals surface area contributed by atoms with Crippen molar-refractivity contribution in [3.63, 3.8) is 0 Å². The number of nitrogens with one attached hydrogen (secondary N) is 2. The third-order valence-electron chi connectivity index (χ3n) is 5.04. The molecule has 3 aromatic carbocycles. The Morgan fingerprint density at radius 1 is 0.879 bits per heavy atom. The van der Waals surface area contributed by atoms with E-state index in [9.17, 15) is 14.4 Å². The van der Waals surface area contributed by atoms with Crippen molar-refractivity contribution in [2.24, 2.45) is 0 Å². The summed E-state index contributed by atoms with van der Waals surface area (Å²) in [5, 5.41) is 5.44. The molecule has 1 aliphatic rings. The summed E-state index contributed by atoms with van der Waals surface area (Å²) in [5.41, 5.74) is 3.03. The zero-order valence-corrected chi connectivity index (χ0v) is 18.2. The van der Waals surface area contributed by atoms with E-state index in [1.54, 1.807) is 60.7 Å². The van der Waals surface area contributed by atoms with Gasteiger partial charge < -0.3 is 20.1 Å². The van der Waals surface area contributed by atoms with Crippen molar-refractivity contribution in [1.82, 2.24) is 5.32 Å². The van der Waals surface area contributed by atoms with Crippen molar-refractivity contribution < 1.29 is 23.9 Å². The van der Waals surface area contributed by atoms with Crippen LogP contribution in [-0.4, -0.2) is 24.4 Å². The van der Waals surface area contributed by atoms with Crippen LogP contribution in [-0.2, 0) is 4.79 Å². The quantitative estimate of drug-likeness (QED) is 0.438. The standard InChI is InChI=1S/C26H22N2O5/c1-16-6-9-19(10-7-16)25(30)28-22(12-18-8-11-23-24(13-18)33-15-32-23)26(31)27-21-5-3-4-20(14-21)17(2)29/h3-14H,15H2,1-2H3,(H,27,31)(H,28,30). The van der Waals surface area contributed by atoms with Gasteiger partial charge in [-0.1, -0.05) is 35.9 Å². The lowest BCUT2D eigenvalue weighted by Crippen LogP contribution is -2.30. The molecule has 0 saturated carbocycles. The van der Waals surface area contributed by atoms with E-state index in [0.29, 0.717) is 33.9 Å². The van der Waals surface area contributed by atoms with Gasteiger partial charge in [-0.05, 0) is 61.9 Å². The van der Waals surface area contributed by atoms with Gasteiger partial charge in [0, 0.05) is 16.8 Å². The number of rotatable bonds is 6. The first kappa shape index (κ1) is 21.8. The highest BCUT2D eigenvalue weighted by Gasteiger charge is 2.17. The number of benzene rings is 3. The minimum absolute atomic E-state index is 0.0349. The van der Waals surface area contributed by atoms with Crippen LogP contribution >= 0.6 is 0 Å². The van der Waals surface area contributed by atoms with Crippen LogP contribution in [0.4, 0.5) is 5.69 Å². The Labute approximate surface area is 191 Å². The predicted molar refractivity (Wildman–Crippen MR) is 124 cm³/mol. The molecule has 166 valence electrons. The predicted octanol–water partition coefficient (Wildman–Crippen LogP) is 4.34. The van der Waals surface area contributed by atoms with E-state index in [1.165, 1.54) is 6.92 Å². The van der Waals surface area contributed by atoms with Crippen LogP contribution in [0.3, 0.4) is 0 Å². The first-order valence-corrected chi connectivity index (χ1v) is 10.3. The average molecular weight is 442 g/mol. The van der Waals surface area contributed by atoms with Gasteiger partial charge in [-0.2, -0.15) is 0 Å². The first-order chi connectivity index (χ1) is 15.9. The zero-order valence-electron chi connectivity index (χ0n) is 18.2. The molecule has 0 bridgehead atoms. The molecular weight excluding hydrogens is 420 g/mol. The zero-order chi connectivity index (χ0) is 23.4. The minimum atomic E-state index is -0.533. The molecule has 33 heavy (non-hydrogen) atoms. The number of aryl methyl sites for hydroxylation is 1. The lowest BCUT2D eigenvalue weighted by atomic mass is 10.1.